The normalized spacial score (nSPS) is 11.8. The standard InChI is InChI=1S/C10H15ClN2O3S/c1-13(2)6-3-7-16-10-5-4-9(8-12-10)17(11,14)15/h4-5,8H,3,6-7H2,1-2H3. The second-order valence-corrected chi connectivity index (χ2v) is 6.34. The summed E-state index contributed by atoms with van der Waals surface area (Å²) in [7, 11) is 5.42. The average molecular weight is 279 g/mol. The molecule has 0 bridgehead atoms. The molecule has 1 rings (SSSR count). The van der Waals surface area contributed by atoms with Gasteiger partial charge in [-0.25, -0.2) is 13.4 Å². The number of ether oxygens (including phenoxy) is 1. The summed E-state index contributed by atoms with van der Waals surface area (Å²) in [6, 6.07) is 2.86. The Morgan fingerprint density at radius 1 is 1.41 bits per heavy atom. The Labute approximate surface area is 106 Å². The van der Waals surface area contributed by atoms with Crippen molar-refractivity contribution in [3.63, 3.8) is 0 Å². The Bertz CT molecular complexity index is 445. The van der Waals surface area contributed by atoms with Gasteiger partial charge in [0.05, 0.1) is 12.8 Å². The van der Waals surface area contributed by atoms with E-state index in [0.29, 0.717) is 12.5 Å². The number of halogens is 1. The molecule has 17 heavy (non-hydrogen) atoms. The first-order chi connectivity index (χ1) is 7.89. The third-order valence-corrected chi connectivity index (χ3v) is 3.33. The summed E-state index contributed by atoms with van der Waals surface area (Å²) in [6.07, 6.45) is 2.06. The highest BCUT2D eigenvalue weighted by atomic mass is 35.7. The number of rotatable bonds is 6. The largest absolute Gasteiger partial charge is 0.478 e. The highest BCUT2D eigenvalue weighted by molar-refractivity contribution is 8.13. The van der Waals surface area contributed by atoms with Crippen LogP contribution < -0.4 is 4.74 Å². The molecule has 1 aromatic heterocycles. The maximum Gasteiger partial charge on any atom is 0.262 e. The van der Waals surface area contributed by atoms with Crippen LogP contribution in [0.5, 0.6) is 5.88 Å². The molecule has 0 aliphatic rings. The molecule has 0 atom stereocenters. The summed E-state index contributed by atoms with van der Waals surface area (Å²) in [4.78, 5) is 5.89. The van der Waals surface area contributed by atoms with Crippen molar-refractivity contribution in [3.8, 4) is 5.88 Å². The van der Waals surface area contributed by atoms with Crippen LogP contribution in [-0.2, 0) is 9.05 Å². The summed E-state index contributed by atoms with van der Waals surface area (Å²) in [6.45, 7) is 1.46. The van der Waals surface area contributed by atoms with Crippen LogP contribution in [0.2, 0.25) is 0 Å². The van der Waals surface area contributed by atoms with Crippen molar-refractivity contribution in [2.45, 2.75) is 11.3 Å². The maximum absolute atomic E-state index is 11.0. The van der Waals surface area contributed by atoms with Crippen LogP contribution in [0.4, 0.5) is 0 Å². The van der Waals surface area contributed by atoms with E-state index >= 15 is 0 Å². The Morgan fingerprint density at radius 2 is 2.12 bits per heavy atom. The van der Waals surface area contributed by atoms with E-state index in [1.54, 1.807) is 0 Å². The highest BCUT2D eigenvalue weighted by Gasteiger charge is 2.10. The van der Waals surface area contributed by atoms with Crippen molar-refractivity contribution < 1.29 is 13.2 Å². The molecular weight excluding hydrogens is 264 g/mol. The van der Waals surface area contributed by atoms with E-state index in [-0.39, 0.29) is 4.90 Å². The van der Waals surface area contributed by atoms with Gasteiger partial charge in [0.2, 0.25) is 5.88 Å². The van der Waals surface area contributed by atoms with Crippen LogP contribution >= 0.6 is 10.7 Å². The SMILES string of the molecule is CN(C)CCCOc1ccc(S(=O)(=O)Cl)cn1. The number of hydrogen-bond acceptors (Lipinski definition) is 5. The second kappa shape index (κ2) is 6.18. The Kier molecular flexibility index (Phi) is 5.17. The van der Waals surface area contributed by atoms with E-state index < -0.39 is 9.05 Å². The van der Waals surface area contributed by atoms with Gasteiger partial charge in [0, 0.05) is 23.3 Å². The van der Waals surface area contributed by atoms with Crippen molar-refractivity contribution in [1.82, 2.24) is 9.88 Å². The fourth-order valence-electron chi connectivity index (χ4n) is 1.15. The minimum absolute atomic E-state index is 0.0280. The van der Waals surface area contributed by atoms with Gasteiger partial charge >= 0.3 is 0 Å². The van der Waals surface area contributed by atoms with E-state index in [0.717, 1.165) is 13.0 Å². The summed E-state index contributed by atoms with van der Waals surface area (Å²) in [5.41, 5.74) is 0. The Balaban J connectivity index is 2.46. The molecule has 0 aromatic carbocycles. The van der Waals surface area contributed by atoms with Gasteiger partial charge in [0.1, 0.15) is 4.90 Å². The van der Waals surface area contributed by atoms with E-state index in [9.17, 15) is 8.42 Å². The van der Waals surface area contributed by atoms with Gasteiger partial charge in [0.15, 0.2) is 0 Å². The zero-order chi connectivity index (χ0) is 12.9. The van der Waals surface area contributed by atoms with Crippen LogP contribution in [0.25, 0.3) is 0 Å². The smallest absolute Gasteiger partial charge is 0.262 e. The predicted molar refractivity (Wildman–Crippen MR) is 65.9 cm³/mol. The van der Waals surface area contributed by atoms with Gasteiger partial charge in [-0.15, -0.1) is 0 Å². The summed E-state index contributed by atoms with van der Waals surface area (Å²) < 4.78 is 27.3. The lowest BCUT2D eigenvalue weighted by atomic mass is 10.4. The van der Waals surface area contributed by atoms with Crippen molar-refractivity contribution in [2.24, 2.45) is 0 Å². The van der Waals surface area contributed by atoms with Gasteiger partial charge in [-0.1, -0.05) is 0 Å². The first kappa shape index (κ1) is 14.2. The van der Waals surface area contributed by atoms with Gasteiger partial charge in [-0.2, -0.15) is 0 Å². The zero-order valence-corrected chi connectivity index (χ0v) is 11.3. The number of aromatic nitrogens is 1. The average Bonchev–Trinajstić information content (AvgIpc) is 2.23. The third-order valence-electron chi connectivity index (χ3n) is 1.99. The number of pyridine rings is 1. The lowest BCUT2D eigenvalue weighted by Crippen LogP contribution is -2.15. The summed E-state index contributed by atoms with van der Waals surface area (Å²) in [5, 5.41) is 0. The van der Waals surface area contributed by atoms with Crippen LogP contribution in [0.3, 0.4) is 0 Å². The zero-order valence-electron chi connectivity index (χ0n) is 9.76. The fraction of sp³-hybridized carbons (Fsp3) is 0.500. The van der Waals surface area contributed by atoms with Crippen molar-refractivity contribution in [1.29, 1.82) is 0 Å². The quantitative estimate of drug-likeness (QED) is 0.580. The predicted octanol–water partition coefficient (Wildman–Crippen LogP) is 1.34. The molecule has 96 valence electrons. The van der Waals surface area contributed by atoms with E-state index in [1.807, 2.05) is 14.1 Å². The van der Waals surface area contributed by atoms with Crippen LogP contribution in [0.15, 0.2) is 23.2 Å². The first-order valence-electron chi connectivity index (χ1n) is 5.08. The minimum atomic E-state index is -3.71. The lowest BCUT2D eigenvalue weighted by molar-refractivity contribution is 0.273. The molecule has 0 spiro atoms. The highest BCUT2D eigenvalue weighted by Crippen LogP contribution is 2.16. The summed E-state index contributed by atoms with van der Waals surface area (Å²) in [5.74, 6) is 0.396. The molecule has 1 aromatic rings. The second-order valence-electron chi connectivity index (χ2n) is 3.78. The maximum atomic E-state index is 11.0. The van der Waals surface area contributed by atoms with Crippen LogP contribution in [0.1, 0.15) is 6.42 Å². The fourth-order valence-corrected chi connectivity index (χ4v) is 1.84. The third kappa shape index (κ3) is 5.34. The summed E-state index contributed by atoms with van der Waals surface area (Å²) >= 11 is 0. The Morgan fingerprint density at radius 3 is 2.59 bits per heavy atom. The molecule has 0 fully saturated rings. The molecule has 0 radical (unpaired) electrons. The molecular formula is C10H15ClN2O3S. The monoisotopic (exact) mass is 278 g/mol. The van der Waals surface area contributed by atoms with Gasteiger partial charge < -0.3 is 9.64 Å². The number of hydrogen-bond donors (Lipinski definition) is 0. The molecule has 0 saturated heterocycles. The van der Waals surface area contributed by atoms with Gasteiger partial charge in [0.25, 0.3) is 9.05 Å². The van der Waals surface area contributed by atoms with E-state index in [4.69, 9.17) is 15.4 Å². The lowest BCUT2D eigenvalue weighted by Gasteiger charge is -2.09. The molecule has 0 aliphatic heterocycles. The molecule has 0 amide bonds. The minimum Gasteiger partial charge on any atom is -0.478 e. The van der Waals surface area contributed by atoms with Gasteiger partial charge in [-0.3, -0.25) is 0 Å². The van der Waals surface area contributed by atoms with E-state index in [2.05, 4.69) is 9.88 Å². The number of nitrogens with zero attached hydrogens (tertiary/aromatic N) is 2. The van der Waals surface area contributed by atoms with Crippen molar-refractivity contribution in [3.05, 3.63) is 18.3 Å². The molecule has 0 N–H and O–H groups in total. The first-order valence-corrected chi connectivity index (χ1v) is 7.39. The molecule has 0 aliphatic carbocycles. The molecule has 7 heteroatoms. The van der Waals surface area contributed by atoms with Crippen molar-refractivity contribution >= 4 is 19.7 Å². The van der Waals surface area contributed by atoms with Crippen molar-refractivity contribution in [2.75, 3.05) is 27.2 Å². The van der Waals surface area contributed by atoms with Gasteiger partial charge in [-0.05, 0) is 26.6 Å². The topological polar surface area (TPSA) is 59.5 Å². The molecule has 5 nitrogen and oxygen atoms in total. The molecule has 0 saturated carbocycles. The van der Waals surface area contributed by atoms with E-state index in [1.165, 1.54) is 18.3 Å². The van der Waals surface area contributed by atoms with Crippen LogP contribution in [-0.4, -0.2) is 45.5 Å². The Hall–Kier alpha value is -0.850. The molecule has 1 heterocycles. The molecule has 0 unspecified atom stereocenters. The van der Waals surface area contributed by atoms with Crippen LogP contribution in [0, 0.1) is 0 Å².